The van der Waals surface area contributed by atoms with Gasteiger partial charge in [-0.25, -0.2) is 4.57 Å². The van der Waals surface area contributed by atoms with Crippen LogP contribution in [0, 0.1) is 11.8 Å². The number of carbonyl (C=O) groups excluding carboxylic acids is 3. The van der Waals surface area contributed by atoms with Crippen LogP contribution < -0.4 is 0 Å². The van der Waals surface area contributed by atoms with E-state index >= 15 is 0 Å². The number of phosphoric acid groups is 1. The van der Waals surface area contributed by atoms with Crippen molar-refractivity contribution in [1.82, 2.24) is 0 Å². The van der Waals surface area contributed by atoms with Crippen LogP contribution in [0.4, 0.5) is 0 Å². The Kier molecular flexibility index (Phi) is 30.6. The number of hydrogen-bond acceptors (Lipinski definition) is 12. The first kappa shape index (κ1) is 52.1. The molecule has 1 fully saturated rings. The lowest BCUT2D eigenvalue weighted by Gasteiger charge is -2.20. The zero-order valence-electron chi connectivity index (χ0n) is 34.3. The summed E-state index contributed by atoms with van der Waals surface area (Å²) in [6, 6.07) is 0. The van der Waals surface area contributed by atoms with Crippen LogP contribution in [0.1, 0.15) is 162 Å². The first-order valence-electron chi connectivity index (χ1n) is 21.4. The van der Waals surface area contributed by atoms with Gasteiger partial charge in [-0.05, 0) is 51.4 Å². The summed E-state index contributed by atoms with van der Waals surface area (Å²) in [4.78, 5) is 47.7. The molecule has 13 nitrogen and oxygen atoms in total. The number of Topliss-reactive ketones (excluding diaryl/α,β-unsaturated/α-hetero) is 1. The molecule has 0 aromatic carbocycles. The molecule has 7 atom stereocenters. The minimum atomic E-state index is -4.68. The minimum Gasteiger partial charge on any atom is -0.462 e. The highest BCUT2D eigenvalue weighted by Crippen LogP contribution is 2.43. The number of phosphoric ester groups is 1. The van der Waals surface area contributed by atoms with Gasteiger partial charge in [-0.3, -0.25) is 23.4 Å². The summed E-state index contributed by atoms with van der Waals surface area (Å²) >= 11 is 0. The number of allylic oxidation sites excluding steroid dienone is 2. The fourth-order valence-electron chi connectivity index (χ4n) is 6.59. The van der Waals surface area contributed by atoms with Crippen LogP contribution in [0.15, 0.2) is 24.3 Å². The monoisotopic (exact) mass is 818 g/mol. The molecule has 1 rings (SSSR count). The van der Waals surface area contributed by atoms with Gasteiger partial charge in [-0.1, -0.05) is 115 Å². The third-order valence-corrected chi connectivity index (χ3v) is 10.9. The molecule has 0 radical (unpaired) electrons. The number of rotatable bonds is 36. The highest BCUT2D eigenvalue weighted by atomic mass is 31.2. The minimum absolute atomic E-state index is 0.0229. The van der Waals surface area contributed by atoms with Crippen LogP contribution >= 0.6 is 7.82 Å². The summed E-state index contributed by atoms with van der Waals surface area (Å²) in [5.41, 5.74) is 0. The number of ether oxygens (including phenoxy) is 2. The lowest BCUT2D eigenvalue weighted by molar-refractivity contribution is -0.161. The first-order valence-corrected chi connectivity index (χ1v) is 22.9. The molecular weight excluding hydrogens is 743 g/mol. The summed E-state index contributed by atoms with van der Waals surface area (Å²) in [5.74, 6) is -1.70. The molecule has 0 saturated heterocycles. The van der Waals surface area contributed by atoms with E-state index in [9.17, 15) is 39.2 Å². The van der Waals surface area contributed by atoms with E-state index in [4.69, 9.17) is 19.1 Å². The molecule has 14 heteroatoms. The van der Waals surface area contributed by atoms with Crippen LogP contribution in [0.25, 0.3) is 0 Å². The Morgan fingerprint density at radius 3 is 2.02 bits per heavy atom. The predicted molar refractivity (Wildman–Crippen MR) is 215 cm³/mol. The number of unbranched alkanes of at least 4 members (excludes halogenated alkanes) is 14. The second-order valence-electron chi connectivity index (χ2n) is 15.1. The van der Waals surface area contributed by atoms with Crippen molar-refractivity contribution >= 4 is 25.5 Å². The predicted octanol–water partition coefficient (Wildman–Crippen LogP) is 7.59. The van der Waals surface area contributed by atoms with Gasteiger partial charge >= 0.3 is 19.8 Å². The smallest absolute Gasteiger partial charge is 0.462 e. The fourth-order valence-corrected chi connectivity index (χ4v) is 7.38. The quantitative estimate of drug-likeness (QED) is 0.0179. The summed E-state index contributed by atoms with van der Waals surface area (Å²) in [6.45, 7) is 1.97. The largest absolute Gasteiger partial charge is 0.472 e. The Labute approximate surface area is 336 Å². The average molecular weight is 819 g/mol. The van der Waals surface area contributed by atoms with Gasteiger partial charge in [0.25, 0.3) is 0 Å². The van der Waals surface area contributed by atoms with Crippen molar-refractivity contribution < 1.29 is 62.8 Å². The van der Waals surface area contributed by atoms with Gasteiger partial charge in [0, 0.05) is 31.1 Å². The number of hydrogen-bond donors (Lipinski definition) is 5. The molecule has 326 valence electrons. The third kappa shape index (κ3) is 26.9. The van der Waals surface area contributed by atoms with Gasteiger partial charge < -0.3 is 34.8 Å². The van der Waals surface area contributed by atoms with E-state index in [2.05, 4.69) is 30.5 Å². The third-order valence-electron chi connectivity index (χ3n) is 9.97. The molecule has 0 aromatic rings. The molecule has 56 heavy (non-hydrogen) atoms. The van der Waals surface area contributed by atoms with Crippen molar-refractivity contribution in [3.63, 3.8) is 0 Å². The number of ketones is 1. The molecule has 0 aromatic heterocycles. The summed E-state index contributed by atoms with van der Waals surface area (Å²) in [7, 11) is -4.68. The molecule has 0 heterocycles. The number of aliphatic hydroxyl groups excluding tert-OH is 4. The van der Waals surface area contributed by atoms with Gasteiger partial charge in [-0.2, -0.15) is 0 Å². The van der Waals surface area contributed by atoms with Gasteiger partial charge in [0.1, 0.15) is 18.5 Å². The van der Waals surface area contributed by atoms with Crippen molar-refractivity contribution in [3.8, 4) is 0 Å². The molecule has 1 aliphatic carbocycles. The Bertz CT molecular complexity index is 1150. The van der Waals surface area contributed by atoms with Crippen LogP contribution in [0.2, 0.25) is 0 Å². The summed E-state index contributed by atoms with van der Waals surface area (Å²) in [5, 5.41) is 39.0. The topological polar surface area (TPSA) is 206 Å². The Morgan fingerprint density at radius 1 is 0.786 bits per heavy atom. The second kappa shape index (κ2) is 32.9. The number of carbonyl (C=O) groups is 3. The maximum absolute atomic E-state index is 12.7. The van der Waals surface area contributed by atoms with Crippen molar-refractivity contribution in [2.45, 2.75) is 186 Å². The molecule has 0 aliphatic heterocycles. The van der Waals surface area contributed by atoms with Gasteiger partial charge in [0.05, 0.1) is 32.0 Å². The van der Waals surface area contributed by atoms with Crippen LogP contribution in [0.3, 0.4) is 0 Å². The lowest BCUT2D eigenvalue weighted by atomic mass is 9.88. The van der Waals surface area contributed by atoms with Crippen molar-refractivity contribution in [2.75, 3.05) is 26.4 Å². The normalized spacial score (nSPS) is 20.1. The highest BCUT2D eigenvalue weighted by molar-refractivity contribution is 7.47. The van der Waals surface area contributed by atoms with E-state index in [-0.39, 0.29) is 43.5 Å². The van der Waals surface area contributed by atoms with E-state index in [1.54, 1.807) is 12.2 Å². The van der Waals surface area contributed by atoms with E-state index in [0.717, 1.165) is 70.6 Å². The van der Waals surface area contributed by atoms with Gasteiger partial charge in [0.2, 0.25) is 0 Å². The van der Waals surface area contributed by atoms with Gasteiger partial charge in [0.15, 0.2) is 6.10 Å². The van der Waals surface area contributed by atoms with Crippen molar-refractivity contribution in [3.05, 3.63) is 24.3 Å². The molecular formula is C42H75O13P. The molecule has 0 amide bonds. The van der Waals surface area contributed by atoms with Crippen LogP contribution in [-0.2, 0) is 37.5 Å². The molecule has 0 spiro atoms. The maximum Gasteiger partial charge on any atom is 0.472 e. The zero-order valence-corrected chi connectivity index (χ0v) is 35.2. The Hall–Kier alpha value is -1.96. The van der Waals surface area contributed by atoms with Crippen molar-refractivity contribution in [2.24, 2.45) is 11.8 Å². The second-order valence-corrected chi connectivity index (χ2v) is 16.6. The van der Waals surface area contributed by atoms with Crippen LogP contribution in [0.5, 0.6) is 0 Å². The molecule has 1 saturated carbocycles. The standard InChI is InChI=1S/C42H75O13P/c1-3-5-7-8-9-10-11-12-13-14-15-16-21-25-41(48)52-32-36(33-54-56(50,51)53-31-35(45)30-43)55-42(49)26-22-18-17-20-24-37-38(40(47)29-39(37)46)28-27-34(44)23-19-6-4-2/h10-11,27-28,34-38,40,43-45,47H,3-9,12-26,29-33H2,1-2H3,(H,50,51)/b11-10-,28-27+/t34-,35-,36+,37+,38+,40+/m0/s1. The van der Waals surface area contributed by atoms with E-state index in [1.165, 1.54) is 25.7 Å². The summed E-state index contributed by atoms with van der Waals surface area (Å²) < 4.78 is 32.7. The molecule has 1 unspecified atom stereocenters. The molecule has 0 bridgehead atoms. The van der Waals surface area contributed by atoms with Crippen molar-refractivity contribution in [1.29, 1.82) is 0 Å². The SMILES string of the molecule is CCCCCC/C=C\CCCCCCCC(=O)OC[C@H](COP(=O)(O)OC[C@@H](O)CO)OC(=O)CCCCCC[C@H]1C(=O)C[C@@H](O)[C@@H]1/C=C/[C@@H](O)CCCCC. The highest BCUT2D eigenvalue weighted by Gasteiger charge is 2.39. The zero-order chi connectivity index (χ0) is 41.4. The first-order chi connectivity index (χ1) is 26.9. The number of esters is 2. The number of aliphatic hydroxyl groups is 4. The average Bonchev–Trinajstić information content (AvgIpc) is 3.44. The Morgan fingerprint density at radius 2 is 1.36 bits per heavy atom. The maximum atomic E-state index is 12.7. The molecule has 1 aliphatic rings. The van der Waals surface area contributed by atoms with E-state index < -0.39 is 64.0 Å². The van der Waals surface area contributed by atoms with Crippen LogP contribution in [-0.4, -0.2) is 93.9 Å². The van der Waals surface area contributed by atoms with Gasteiger partial charge in [-0.15, -0.1) is 0 Å². The lowest BCUT2D eigenvalue weighted by Crippen LogP contribution is -2.29. The van der Waals surface area contributed by atoms with E-state index in [0.29, 0.717) is 32.1 Å². The molecule has 5 N–H and O–H groups in total. The van der Waals surface area contributed by atoms with E-state index in [1.807, 2.05) is 0 Å². The fraction of sp³-hybridized carbons (Fsp3) is 0.833. The summed E-state index contributed by atoms with van der Waals surface area (Å²) in [6.07, 6.45) is 23.3. The Balaban J connectivity index is 2.47.